The molecular formula is C19H18N2O3. The molecule has 2 aromatic carbocycles. The minimum absolute atomic E-state index is 0.123. The first-order valence-electron chi connectivity index (χ1n) is 7.63. The van der Waals surface area contributed by atoms with E-state index in [1.165, 1.54) is 7.11 Å². The van der Waals surface area contributed by atoms with Gasteiger partial charge in [0.1, 0.15) is 0 Å². The van der Waals surface area contributed by atoms with Crippen LogP contribution in [-0.4, -0.2) is 24.0 Å². The third-order valence-electron chi connectivity index (χ3n) is 3.95. The highest BCUT2D eigenvalue weighted by Crippen LogP contribution is 2.21. The van der Waals surface area contributed by atoms with Crippen LogP contribution in [-0.2, 0) is 11.3 Å². The number of benzene rings is 2. The molecule has 3 aromatic rings. The predicted octanol–water partition coefficient (Wildman–Crippen LogP) is 3.19. The minimum atomic E-state index is -0.375. The summed E-state index contributed by atoms with van der Waals surface area (Å²) in [5.74, 6) is -0.498. The topological polar surface area (TPSA) is 71.2 Å². The third kappa shape index (κ3) is 3.01. The van der Waals surface area contributed by atoms with E-state index >= 15 is 0 Å². The number of carbonyl (C=O) groups excluding carboxylic acids is 2. The Bertz CT molecular complexity index is 895. The van der Waals surface area contributed by atoms with E-state index in [1.807, 2.05) is 31.2 Å². The van der Waals surface area contributed by atoms with E-state index in [-0.39, 0.29) is 11.9 Å². The maximum Gasteiger partial charge on any atom is 0.337 e. The minimum Gasteiger partial charge on any atom is -0.465 e. The average Bonchev–Trinajstić information content (AvgIpc) is 2.95. The summed E-state index contributed by atoms with van der Waals surface area (Å²) in [5, 5.41) is 3.83. The second kappa shape index (κ2) is 6.58. The van der Waals surface area contributed by atoms with Crippen molar-refractivity contribution in [3.63, 3.8) is 0 Å². The molecular weight excluding hydrogens is 304 g/mol. The van der Waals surface area contributed by atoms with Crippen LogP contribution in [0.25, 0.3) is 10.9 Å². The monoisotopic (exact) mass is 322 g/mol. The van der Waals surface area contributed by atoms with Crippen molar-refractivity contribution < 1.29 is 14.3 Å². The van der Waals surface area contributed by atoms with Crippen LogP contribution in [0.5, 0.6) is 0 Å². The summed E-state index contributed by atoms with van der Waals surface area (Å²) < 4.78 is 4.67. The first-order chi connectivity index (χ1) is 11.6. The highest BCUT2D eigenvalue weighted by atomic mass is 16.5. The fourth-order valence-electron chi connectivity index (χ4n) is 2.72. The standard InChI is InChI=1S/C19H18N2O3/c1-12-17(15-5-3-4-6-16(15)21-12)18(22)20-11-13-7-9-14(10-8-13)19(23)24-2/h3-10,21H,11H2,1-2H3,(H,20,22). The van der Waals surface area contributed by atoms with E-state index in [4.69, 9.17) is 0 Å². The molecule has 0 bridgehead atoms. The Morgan fingerprint density at radius 1 is 1.08 bits per heavy atom. The number of amides is 1. The molecule has 1 amide bonds. The quantitative estimate of drug-likeness (QED) is 0.725. The lowest BCUT2D eigenvalue weighted by Crippen LogP contribution is -2.23. The maximum atomic E-state index is 12.5. The number of hydrogen-bond acceptors (Lipinski definition) is 3. The molecule has 0 fully saturated rings. The van der Waals surface area contributed by atoms with Gasteiger partial charge in [0.25, 0.3) is 5.91 Å². The Morgan fingerprint density at radius 2 is 1.79 bits per heavy atom. The number of para-hydroxylation sites is 1. The van der Waals surface area contributed by atoms with E-state index in [0.717, 1.165) is 22.2 Å². The molecule has 0 atom stereocenters. The smallest absolute Gasteiger partial charge is 0.337 e. The Labute approximate surface area is 139 Å². The molecule has 0 unspecified atom stereocenters. The Hall–Kier alpha value is -3.08. The fourth-order valence-corrected chi connectivity index (χ4v) is 2.72. The molecule has 0 saturated carbocycles. The molecule has 3 rings (SSSR count). The summed E-state index contributed by atoms with van der Waals surface area (Å²) in [5.41, 5.74) is 3.85. The van der Waals surface area contributed by atoms with Gasteiger partial charge in [0, 0.05) is 23.1 Å². The fraction of sp³-hybridized carbons (Fsp3) is 0.158. The predicted molar refractivity (Wildman–Crippen MR) is 92.0 cm³/mol. The Morgan fingerprint density at radius 3 is 2.50 bits per heavy atom. The molecule has 24 heavy (non-hydrogen) atoms. The highest BCUT2D eigenvalue weighted by molar-refractivity contribution is 6.08. The van der Waals surface area contributed by atoms with Gasteiger partial charge in [-0.25, -0.2) is 4.79 Å². The number of hydrogen-bond donors (Lipinski definition) is 2. The molecule has 5 heteroatoms. The second-order valence-corrected chi connectivity index (χ2v) is 5.54. The van der Waals surface area contributed by atoms with Crippen LogP contribution < -0.4 is 5.32 Å². The SMILES string of the molecule is COC(=O)c1ccc(CNC(=O)c2c(C)[nH]c3ccccc23)cc1. The number of methoxy groups -OCH3 is 1. The van der Waals surface area contributed by atoms with E-state index in [9.17, 15) is 9.59 Å². The van der Waals surface area contributed by atoms with Crippen LogP contribution in [0.2, 0.25) is 0 Å². The Kier molecular flexibility index (Phi) is 4.33. The number of H-pyrrole nitrogens is 1. The van der Waals surface area contributed by atoms with Crippen molar-refractivity contribution in [2.45, 2.75) is 13.5 Å². The number of fused-ring (bicyclic) bond motifs is 1. The van der Waals surface area contributed by atoms with Crippen molar-refractivity contribution in [2.75, 3.05) is 7.11 Å². The molecule has 5 nitrogen and oxygen atoms in total. The van der Waals surface area contributed by atoms with Crippen molar-refractivity contribution in [3.8, 4) is 0 Å². The largest absolute Gasteiger partial charge is 0.465 e. The first-order valence-corrected chi connectivity index (χ1v) is 7.63. The van der Waals surface area contributed by atoms with Gasteiger partial charge in [-0.15, -0.1) is 0 Å². The van der Waals surface area contributed by atoms with Crippen molar-refractivity contribution in [2.24, 2.45) is 0 Å². The van der Waals surface area contributed by atoms with Gasteiger partial charge in [-0.1, -0.05) is 30.3 Å². The lowest BCUT2D eigenvalue weighted by molar-refractivity contribution is 0.0600. The number of ether oxygens (including phenoxy) is 1. The van der Waals surface area contributed by atoms with E-state index < -0.39 is 0 Å². The van der Waals surface area contributed by atoms with E-state index in [2.05, 4.69) is 15.0 Å². The summed E-state index contributed by atoms with van der Waals surface area (Å²) >= 11 is 0. The van der Waals surface area contributed by atoms with Gasteiger partial charge in [-0.2, -0.15) is 0 Å². The van der Waals surface area contributed by atoms with Gasteiger partial charge in [0.05, 0.1) is 18.2 Å². The maximum absolute atomic E-state index is 12.5. The zero-order valence-corrected chi connectivity index (χ0v) is 13.6. The van der Waals surface area contributed by atoms with Crippen molar-refractivity contribution in [3.05, 3.63) is 70.9 Å². The number of esters is 1. The molecule has 0 aliphatic rings. The van der Waals surface area contributed by atoms with Crippen molar-refractivity contribution >= 4 is 22.8 Å². The van der Waals surface area contributed by atoms with E-state index in [0.29, 0.717) is 17.7 Å². The third-order valence-corrected chi connectivity index (χ3v) is 3.95. The Balaban J connectivity index is 1.73. The number of carbonyl (C=O) groups is 2. The molecule has 2 N–H and O–H groups in total. The first kappa shape index (κ1) is 15.8. The van der Waals surface area contributed by atoms with Gasteiger partial charge < -0.3 is 15.0 Å². The van der Waals surface area contributed by atoms with Gasteiger partial charge in [0.2, 0.25) is 0 Å². The van der Waals surface area contributed by atoms with Crippen LogP contribution in [0.1, 0.15) is 32.0 Å². The molecule has 0 aliphatic carbocycles. The molecule has 122 valence electrons. The van der Waals surface area contributed by atoms with Gasteiger partial charge >= 0.3 is 5.97 Å². The average molecular weight is 322 g/mol. The molecule has 1 heterocycles. The second-order valence-electron chi connectivity index (χ2n) is 5.54. The lowest BCUT2D eigenvalue weighted by atomic mass is 10.1. The van der Waals surface area contributed by atoms with Crippen molar-refractivity contribution in [1.82, 2.24) is 10.3 Å². The normalized spacial score (nSPS) is 10.6. The van der Waals surface area contributed by atoms with Gasteiger partial charge in [-0.3, -0.25) is 4.79 Å². The summed E-state index contributed by atoms with van der Waals surface area (Å²) in [6.45, 7) is 2.28. The molecule has 0 saturated heterocycles. The van der Waals surface area contributed by atoms with Crippen LogP contribution in [0.4, 0.5) is 0 Å². The molecule has 1 aromatic heterocycles. The van der Waals surface area contributed by atoms with E-state index in [1.54, 1.807) is 24.3 Å². The van der Waals surface area contributed by atoms with Gasteiger partial charge in [0.15, 0.2) is 0 Å². The number of aromatic amines is 1. The molecule has 0 spiro atoms. The summed E-state index contributed by atoms with van der Waals surface area (Å²) in [6, 6.07) is 14.7. The summed E-state index contributed by atoms with van der Waals surface area (Å²) in [6.07, 6.45) is 0. The summed E-state index contributed by atoms with van der Waals surface area (Å²) in [7, 11) is 1.35. The number of rotatable bonds is 4. The molecule has 0 radical (unpaired) electrons. The zero-order valence-electron chi connectivity index (χ0n) is 13.6. The lowest BCUT2D eigenvalue weighted by Gasteiger charge is -2.06. The zero-order chi connectivity index (χ0) is 17.1. The van der Waals surface area contributed by atoms with Gasteiger partial charge in [-0.05, 0) is 30.7 Å². The van der Waals surface area contributed by atoms with Crippen LogP contribution in [0, 0.1) is 6.92 Å². The number of aryl methyl sites for hydroxylation is 1. The number of aromatic nitrogens is 1. The molecule has 0 aliphatic heterocycles. The highest BCUT2D eigenvalue weighted by Gasteiger charge is 2.15. The van der Waals surface area contributed by atoms with Crippen LogP contribution in [0.15, 0.2) is 48.5 Å². The van der Waals surface area contributed by atoms with Crippen LogP contribution in [0.3, 0.4) is 0 Å². The summed E-state index contributed by atoms with van der Waals surface area (Å²) in [4.78, 5) is 27.2. The number of nitrogens with one attached hydrogen (secondary N) is 2. The van der Waals surface area contributed by atoms with Crippen molar-refractivity contribution in [1.29, 1.82) is 0 Å². The van der Waals surface area contributed by atoms with Crippen LogP contribution >= 0.6 is 0 Å².